The normalized spacial score (nSPS) is 16.9. The third kappa shape index (κ3) is 2.49. The van der Waals surface area contributed by atoms with Crippen molar-refractivity contribution in [3.05, 3.63) is 35.9 Å². The van der Waals surface area contributed by atoms with Crippen LogP contribution in [0.3, 0.4) is 0 Å². The third-order valence-electron chi connectivity index (χ3n) is 2.69. The Bertz CT molecular complexity index is 344. The molecule has 1 N–H and O–H groups in total. The smallest absolute Gasteiger partial charge is 0.407 e. The quantitative estimate of drug-likeness (QED) is 0.820. The largest absolute Gasteiger partial charge is 0.443 e. The van der Waals surface area contributed by atoms with Gasteiger partial charge in [0.05, 0.1) is 0 Å². The van der Waals surface area contributed by atoms with Crippen molar-refractivity contribution in [2.45, 2.75) is 24.9 Å². The van der Waals surface area contributed by atoms with Crippen molar-refractivity contribution in [3.63, 3.8) is 0 Å². The van der Waals surface area contributed by atoms with E-state index < -0.39 is 0 Å². The Morgan fingerprint density at radius 1 is 1.40 bits per heavy atom. The van der Waals surface area contributed by atoms with E-state index in [9.17, 15) is 4.79 Å². The van der Waals surface area contributed by atoms with E-state index in [1.54, 1.807) is 7.05 Å². The van der Waals surface area contributed by atoms with Gasteiger partial charge >= 0.3 is 6.09 Å². The summed E-state index contributed by atoms with van der Waals surface area (Å²) in [5.41, 5.74) is 0.987. The molecule has 0 aromatic heterocycles. The maximum absolute atomic E-state index is 11.1. The van der Waals surface area contributed by atoms with Crippen molar-refractivity contribution in [3.8, 4) is 0 Å². The monoisotopic (exact) mass is 205 g/mol. The van der Waals surface area contributed by atoms with Crippen LogP contribution >= 0.6 is 0 Å². The van der Waals surface area contributed by atoms with Gasteiger partial charge in [0.25, 0.3) is 0 Å². The van der Waals surface area contributed by atoms with Gasteiger partial charge in [-0.25, -0.2) is 4.79 Å². The number of hydrogen-bond donors (Lipinski definition) is 1. The summed E-state index contributed by atoms with van der Waals surface area (Å²) in [4.78, 5) is 11.1. The highest BCUT2D eigenvalue weighted by Gasteiger charge is 2.46. The molecule has 1 aliphatic carbocycles. The van der Waals surface area contributed by atoms with Gasteiger partial charge in [-0.15, -0.1) is 0 Å². The molecule has 1 amide bonds. The van der Waals surface area contributed by atoms with E-state index in [-0.39, 0.29) is 11.7 Å². The minimum atomic E-state index is -0.330. The zero-order valence-corrected chi connectivity index (χ0v) is 8.82. The number of hydrogen-bond acceptors (Lipinski definition) is 2. The number of rotatable bonds is 3. The van der Waals surface area contributed by atoms with E-state index in [2.05, 4.69) is 17.4 Å². The van der Waals surface area contributed by atoms with Crippen LogP contribution in [0.5, 0.6) is 0 Å². The summed E-state index contributed by atoms with van der Waals surface area (Å²) in [5.74, 6) is 0. The van der Waals surface area contributed by atoms with Crippen LogP contribution in [0.1, 0.15) is 18.4 Å². The van der Waals surface area contributed by atoms with Crippen LogP contribution < -0.4 is 5.32 Å². The van der Waals surface area contributed by atoms with Gasteiger partial charge in [-0.05, 0) is 18.4 Å². The molecule has 0 unspecified atom stereocenters. The highest BCUT2D eigenvalue weighted by atomic mass is 16.6. The Morgan fingerprint density at radius 2 is 2.07 bits per heavy atom. The van der Waals surface area contributed by atoms with E-state index in [4.69, 9.17) is 4.74 Å². The predicted octanol–water partition coefficient (Wildman–Crippen LogP) is 2.12. The Morgan fingerprint density at radius 3 is 2.60 bits per heavy atom. The molecule has 80 valence electrons. The molecule has 0 saturated heterocycles. The van der Waals surface area contributed by atoms with Gasteiger partial charge in [-0.3, -0.25) is 0 Å². The average Bonchev–Trinajstić information content (AvgIpc) is 2.99. The number of ether oxygens (including phenoxy) is 1. The molecule has 1 fully saturated rings. The van der Waals surface area contributed by atoms with Gasteiger partial charge < -0.3 is 10.1 Å². The average molecular weight is 205 g/mol. The predicted molar refractivity (Wildman–Crippen MR) is 57.7 cm³/mol. The summed E-state index contributed by atoms with van der Waals surface area (Å²) in [6, 6.07) is 10.1. The molecule has 0 spiro atoms. The number of alkyl carbamates (subject to hydrolysis) is 1. The molecular weight excluding hydrogens is 190 g/mol. The molecule has 1 aliphatic rings. The van der Waals surface area contributed by atoms with Gasteiger partial charge in [0.1, 0.15) is 5.60 Å². The standard InChI is InChI=1S/C12H15NO2/c1-13-11(14)15-12(7-8-12)9-10-5-3-2-4-6-10/h2-6H,7-9H2,1H3,(H,13,14). The molecule has 0 heterocycles. The maximum Gasteiger partial charge on any atom is 0.407 e. The van der Waals surface area contributed by atoms with Crippen molar-refractivity contribution >= 4 is 6.09 Å². The zero-order valence-electron chi connectivity index (χ0n) is 8.82. The van der Waals surface area contributed by atoms with Gasteiger partial charge in [-0.2, -0.15) is 0 Å². The minimum Gasteiger partial charge on any atom is -0.443 e. The van der Waals surface area contributed by atoms with E-state index in [1.807, 2.05) is 18.2 Å². The molecule has 1 aromatic rings. The molecular formula is C12H15NO2. The first-order valence-corrected chi connectivity index (χ1v) is 5.19. The van der Waals surface area contributed by atoms with Crippen LogP contribution in [-0.4, -0.2) is 18.7 Å². The Labute approximate surface area is 89.4 Å². The van der Waals surface area contributed by atoms with Gasteiger partial charge in [0.2, 0.25) is 0 Å². The summed E-state index contributed by atoms with van der Waals surface area (Å²) in [6.07, 6.45) is 2.43. The summed E-state index contributed by atoms with van der Waals surface area (Å²) in [7, 11) is 1.58. The zero-order chi connectivity index (χ0) is 10.7. The molecule has 0 bridgehead atoms. The van der Waals surface area contributed by atoms with Crippen LogP contribution in [0, 0.1) is 0 Å². The molecule has 15 heavy (non-hydrogen) atoms. The second-order valence-electron chi connectivity index (χ2n) is 3.98. The van der Waals surface area contributed by atoms with Gasteiger partial charge in [-0.1, -0.05) is 30.3 Å². The molecule has 3 nitrogen and oxygen atoms in total. The second-order valence-corrected chi connectivity index (χ2v) is 3.98. The van der Waals surface area contributed by atoms with Crippen LogP contribution in [0.15, 0.2) is 30.3 Å². The number of carbonyl (C=O) groups excluding carboxylic acids is 1. The van der Waals surface area contributed by atoms with Crippen LogP contribution in [0.2, 0.25) is 0 Å². The summed E-state index contributed by atoms with van der Waals surface area (Å²) in [5, 5.41) is 2.49. The Balaban J connectivity index is 1.97. The molecule has 0 atom stereocenters. The number of benzene rings is 1. The lowest BCUT2D eigenvalue weighted by Gasteiger charge is -2.16. The lowest BCUT2D eigenvalue weighted by molar-refractivity contribution is 0.0844. The van der Waals surface area contributed by atoms with Crippen LogP contribution in [-0.2, 0) is 11.2 Å². The molecule has 0 aliphatic heterocycles. The van der Waals surface area contributed by atoms with Crippen molar-refractivity contribution in [1.29, 1.82) is 0 Å². The second kappa shape index (κ2) is 3.93. The highest BCUT2D eigenvalue weighted by Crippen LogP contribution is 2.42. The molecule has 0 radical (unpaired) electrons. The summed E-state index contributed by atoms with van der Waals surface area (Å²) >= 11 is 0. The highest BCUT2D eigenvalue weighted by molar-refractivity contribution is 5.67. The minimum absolute atomic E-state index is 0.235. The van der Waals surface area contributed by atoms with E-state index in [0.717, 1.165) is 19.3 Å². The van der Waals surface area contributed by atoms with Crippen molar-refractivity contribution in [2.75, 3.05) is 7.05 Å². The first-order chi connectivity index (χ1) is 7.24. The van der Waals surface area contributed by atoms with Crippen molar-refractivity contribution in [2.24, 2.45) is 0 Å². The van der Waals surface area contributed by atoms with Gasteiger partial charge in [0, 0.05) is 13.5 Å². The van der Waals surface area contributed by atoms with E-state index in [1.165, 1.54) is 5.56 Å². The van der Waals surface area contributed by atoms with E-state index >= 15 is 0 Å². The lowest BCUT2D eigenvalue weighted by atomic mass is 10.1. The Hall–Kier alpha value is -1.51. The van der Waals surface area contributed by atoms with E-state index in [0.29, 0.717) is 0 Å². The fourth-order valence-electron chi connectivity index (χ4n) is 1.67. The topological polar surface area (TPSA) is 38.3 Å². The van der Waals surface area contributed by atoms with Gasteiger partial charge in [0.15, 0.2) is 0 Å². The number of amides is 1. The number of carbonyl (C=O) groups is 1. The lowest BCUT2D eigenvalue weighted by Crippen LogP contribution is -2.28. The fourth-order valence-corrected chi connectivity index (χ4v) is 1.67. The van der Waals surface area contributed by atoms with Crippen LogP contribution in [0.25, 0.3) is 0 Å². The SMILES string of the molecule is CNC(=O)OC1(Cc2ccccc2)CC1. The first-order valence-electron chi connectivity index (χ1n) is 5.19. The van der Waals surface area contributed by atoms with Crippen molar-refractivity contribution in [1.82, 2.24) is 5.32 Å². The molecule has 1 saturated carbocycles. The first kappa shape index (κ1) is 10.0. The maximum atomic E-state index is 11.1. The Kier molecular flexibility index (Phi) is 2.62. The summed E-state index contributed by atoms with van der Waals surface area (Å²) < 4.78 is 5.35. The fraction of sp³-hybridized carbons (Fsp3) is 0.417. The molecule has 1 aromatic carbocycles. The molecule has 3 heteroatoms. The number of nitrogens with one attached hydrogen (secondary N) is 1. The van der Waals surface area contributed by atoms with Crippen molar-refractivity contribution < 1.29 is 9.53 Å². The molecule has 2 rings (SSSR count). The van der Waals surface area contributed by atoms with Crippen LogP contribution in [0.4, 0.5) is 4.79 Å². The third-order valence-corrected chi connectivity index (χ3v) is 2.69. The summed E-state index contributed by atoms with van der Waals surface area (Å²) in [6.45, 7) is 0.